The van der Waals surface area contributed by atoms with Crippen molar-refractivity contribution in [1.29, 1.82) is 0 Å². The fourth-order valence-corrected chi connectivity index (χ4v) is 4.62. The first-order valence-electron chi connectivity index (χ1n) is 10.0. The number of aryl methyl sites for hydroxylation is 1. The molecule has 1 aromatic carbocycles. The van der Waals surface area contributed by atoms with Crippen LogP contribution in [0.3, 0.4) is 0 Å². The van der Waals surface area contributed by atoms with Crippen LogP contribution in [0.1, 0.15) is 37.7 Å². The third kappa shape index (κ3) is 3.36. The quantitative estimate of drug-likeness (QED) is 0.831. The number of guanidine groups is 2. The van der Waals surface area contributed by atoms with Gasteiger partial charge in [0.15, 0.2) is 0 Å². The maximum Gasteiger partial charge on any atom is 0.220 e. The highest BCUT2D eigenvalue weighted by Gasteiger charge is 2.43. The zero-order valence-electron chi connectivity index (χ0n) is 16.5. The Hall–Kier alpha value is -2.28. The van der Waals surface area contributed by atoms with Gasteiger partial charge in [0, 0.05) is 37.6 Å². The minimum atomic E-state index is -0.381. The summed E-state index contributed by atoms with van der Waals surface area (Å²) in [6.45, 7) is 6.48. The number of hydrogen-bond acceptors (Lipinski definition) is 7. The third-order valence-corrected chi connectivity index (χ3v) is 6.14. The molecule has 2 aliphatic heterocycles. The minimum absolute atomic E-state index is 0.303. The number of anilines is 2. The van der Waals surface area contributed by atoms with E-state index in [1.54, 1.807) is 0 Å². The lowest BCUT2D eigenvalue weighted by molar-refractivity contribution is 0.305. The molecule has 7 heteroatoms. The van der Waals surface area contributed by atoms with Crippen LogP contribution < -0.4 is 21.3 Å². The number of nitrogens with zero attached hydrogens (tertiary/aromatic N) is 5. The Bertz CT molecular complexity index is 756. The van der Waals surface area contributed by atoms with Crippen molar-refractivity contribution in [3.8, 4) is 0 Å². The summed E-state index contributed by atoms with van der Waals surface area (Å²) in [5, 5.41) is 0. The average Bonchev–Trinajstić information content (AvgIpc) is 2.63. The molecule has 0 atom stereocenters. The number of piperazine rings is 1. The van der Waals surface area contributed by atoms with Crippen LogP contribution in [0.5, 0.6) is 0 Å². The molecular formula is C20H31N7. The second kappa shape index (κ2) is 7.03. The number of nitrogens with two attached hydrogens (primary N) is 2. The highest BCUT2D eigenvalue weighted by molar-refractivity contribution is 6.06. The summed E-state index contributed by atoms with van der Waals surface area (Å²) in [5.74, 6) is 0.761. The molecule has 0 amide bonds. The van der Waals surface area contributed by atoms with Gasteiger partial charge in [0.25, 0.3) is 0 Å². The van der Waals surface area contributed by atoms with E-state index < -0.39 is 0 Å². The Morgan fingerprint density at radius 2 is 1.70 bits per heavy atom. The maximum absolute atomic E-state index is 6.37. The first kappa shape index (κ1) is 18.1. The third-order valence-electron chi connectivity index (χ3n) is 6.14. The molecule has 1 spiro atoms. The molecule has 1 saturated carbocycles. The van der Waals surface area contributed by atoms with E-state index in [9.17, 15) is 0 Å². The van der Waals surface area contributed by atoms with E-state index >= 15 is 0 Å². The van der Waals surface area contributed by atoms with E-state index in [0.29, 0.717) is 11.9 Å². The second-order valence-corrected chi connectivity index (χ2v) is 8.08. The molecule has 1 aliphatic carbocycles. The van der Waals surface area contributed by atoms with Gasteiger partial charge in [-0.15, -0.1) is 0 Å². The van der Waals surface area contributed by atoms with Crippen LogP contribution in [0.25, 0.3) is 0 Å². The Morgan fingerprint density at radius 3 is 2.37 bits per heavy atom. The van der Waals surface area contributed by atoms with Crippen LogP contribution >= 0.6 is 0 Å². The molecule has 27 heavy (non-hydrogen) atoms. The molecule has 1 aromatic rings. The molecule has 146 valence electrons. The Morgan fingerprint density at radius 1 is 1.00 bits per heavy atom. The van der Waals surface area contributed by atoms with Crippen molar-refractivity contribution in [3.63, 3.8) is 0 Å². The number of hydrogen-bond donors (Lipinski definition) is 2. The highest BCUT2D eigenvalue weighted by Crippen LogP contribution is 2.41. The minimum Gasteiger partial charge on any atom is -0.369 e. The highest BCUT2D eigenvalue weighted by atomic mass is 15.4. The fraction of sp³-hybridized carbons (Fsp3) is 0.600. The van der Waals surface area contributed by atoms with Gasteiger partial charge < -0.3 is 21.3 Å². The van der Waals surface area contributed by atoms with Gasteiger partial charge in [-0.05, 0) is 63.4 Å². The molecule has 0 aromatic heterocycles. The van der Waals surface area contributed by atoms with E-state index in [1.165, 1.54) is 17.7 Å². The van der Waals surface area contributed by atoms with Crippen LogP contribution in [-0.2, 0) is 0 Å². The van der Waals surface area contributed by atoms with Gasteiger partial charge in [0.1, 0.15) is 5.66 Å². The monoisotopic (exact) mass is 369 g/mol. The molecule has 2 fully saturated rings. The Labute approximate surface area is 161 Å². The molecule has 4 rings (SSSR count). The molecule has 2 heterocycles. The maximum atomic E-state index is 6.37. The predicted molar refractivity (Wildman–Crippen MR) is 112 cm³/mol. The molecule has 4 N–H and O–H groups in total. The van der Waals surface area contributed by atoms with Crippen LogP contribution in [-0.4, -0.2) is 55.7 Å². The molecular weight excluding hydrogens is 338 g/mol. The smallest absolute Gasteiger partial charge is 0.220 e. The van der Waals surface area contributed by atoms with Crippen molar-refractivity contribution >= 4 is 23.3 Å². The van der Waals surface area contributed by atoms with E-state index in [2.05, 4.69) is 51.9 Å². The second-order valence-electron chi connectivity index (χ2n) is 8.08. The number of likely N-dealkylation sites (N-methyl/N-ethyl adjacent to an activating group) is 1. The van der Waals surface area contributed by atoms with Gasteiger partial charge in [-0.1, -0.05) is 6.42 Å². The molecule has 3 aliphatic rings. The van der Waals surface area contributed by atoms with Crippen LogP contribution in [0.4, 0.5) is 11.4 Å². The standard InChI is InChI=1S/C20H31N7/c1-15-14-16(26-12-10-25(2)11-13-26)6-7-17(15)27-19(22)23-18(21)24-20(27)8-4-3-5-9-20/h6-7,14H,3-5,8-13H2,1-2H3,(H4,21,22,23,24). The summed E-state index contributed by atoms with van der Waals surface area (Å²) >= 11 is 0. The largest absolute Gasteiger partial charge is 0.369 e. The van der Waals surface area contributed by atoms with Gasteiger partial charge in [0.05, 0.1) is 0 Å². The fourth-order valence-electron chi connectivity index (χ4n) is 4.62. The van der Waals surface area contributed by atoms with Crippen LogP contribution in [0.2, 0.25) is 0 Å². The number of benzene rings is 1. The summed E-state index contributed by atoms with van der Waals surface area (Å²) in [6, 6.07) is 6.66. The summed E-state index contributed by atoms with van der Waals surface area (Å²) in [7, 11) is 2.18. The van der Waals surface area contributed by atoms with Gasteiger partial charge in [-0.2, -0.15) is 4.99 Å². The van der Waals surface area contributed by atoms with Crippen molar-refractivity contribution in [1.82, 2.24) is 4.90 Å². The zero-order valence-corrected chi connectivity index (χ0v) is 16.5. The lowest BCUT2D eigenvalue weighted by Crippen LogP contribution is -2.58. The van der Waals surface area contributed by atoms with Crippen molar-refractivity contribution < 1.29 is 0 Å². The van der Waals surface area contributed by atoms with Gasteiger partial charge in [-0.25, -0.2) is 4.99 Å². The van der Waals surface area contributed by atoms with E-state index in [4.69, 9.17) is 16.5 Å². The summed E-state index contributed by atoms with van der Waals surface area (Å²) in [4.78, 5) is 16.0. The van der Waals surface area contributed by atoms with Crippen LogP contribution in [0.15, 0.2) is 28.2 Å². The molecule has 1 saturated heterocycles. The van der Waals surface area contributed by atoms with Gasteiger partial charge >= 0.3 is 0 Å². The molecule has 0 bridgehead atoms. The first-order valence-corrected chi connectivity index (χ1v) is 10.0. The zero-order chi connectivity index (χ0) is 19.0. The topological polar surface area (TPSA) is 86.5 Å². The molecule has 0 unspecified atom stereocenters. The Balaban J connectivity index is 1.66. The normalized spacial score (nSPS) is 23.3. The Kier molecular flexibility index (Phi) is 4.72. The number of rotatable bonds is 2. The van der Waals surface area contributed by atoms with E-state index in [0.717, 1.165) is 57.5 Å². The van der Waals surface area contributed by atoms with Crippen molar-refractivity contribution in [2.75, 3.05) is 43.0 Å². The molecule has 0 radical (unpaired) electrons. The van der Waals surface area contributed by atoms with E-state index in [1.807, 2.05) is 0 Å². The number of aliphatic imine (C=N–C) groups is 2. The SMILES string of the molecule is Cc1cc(N2CCN(C)CC2)ccc1N1C(N)=NC(N)=NC12CCCCC2. The average molecular weight is 370 g/mol. The summed E-state index contributed by atoms with van der Waals surface area (Å²) in [6.07, 6.45) is 5.44. The van der Waals surface area contributed by atoms with Gasteiger partial charge in [-0.3, -0.25) is 4.90 Å². The lowest BCUT2D eigenvalue weighted by atomic mass is 9.87. The van der Waals surface area contributed by atoms with Crippen molar-refractivity contribution in [3.05, 3.63) is 23.8 Å². The van der Waals surface area contributed by atoms with Crippen LogP contribution in [0, 0.1) is 6.92 Å². The van der Waals surface area contributed by atoms with Crippen molar-refractivity contribution in [2.24, 2.45) is 21.5 Å². The summed E-state index contributed by atoms with van der Waals surface area (Å²) < 4.78 is 0. The first-order chi connectivity index (χ1) is 13.0. The van der Waals surface area contributed by atoms with E-state index in [-0.39, 0.29) is 5.66 Å². The predicted octanol–water partition coefficient (Wildman–Crippen LogP) is 1.86. The van der Waals surface area contributed by atoms with Gasteiger partial charge in [0.2, 0.25) is 11.9 Å². The van der Waals surface area contributed by atoms with Crippen molar-refractivity contribution in [2.45, 2.75) is 44.7 Å². The summed E-state index contributed by atoms with van der Waals surface area (Å²) in [5.41, 5.74) is 15.5. The molecule has 7 nitrogen and oxygen atoms in total. The lowest BCUT2D eigenvalue weighted by Gasteiger charge is -2.46.